The number of anilines is 1. The van der Waals surface area contributed by atoms with Crippen molar-refractivity contribution in [3.05, 3.63) is 36.4 Å². The van der Waals surface area contributed by atoms with Crippen LogP contribution in [0.4, 0.5) is 19.0 Å². The first-order chi connectivity index (χ1) is 15.1. The third kappa shape index (κ3) is 4.63. The number of likely N-dealkylation sites (N-methyl/N-ethyl adjacent to an activating group) is 1. The molecule has 0 spiro atoms. The van der Waals surface area contributed by atoms with E-state index in [0.29, 0.717) is 29.8 Å². The van der Waals surface area contributed by atoms with Crippen LogP contribution in [-0.2, 0) is 5.60 Å². The molecule has 174 valence electrons. The number of nitrogens with one attached hydrogen (secondary N) is 2. The molecular formula is C21H27F3N6O2. The Bertz CT molecular complexity index is 1060. The smallest absolute Gasteiger partial charge is 0.421 e. The zero-order chi connectivity index (χ0) is 23.5. The van der Waals surface area contributed by atoms with Crippen molar-refractivity contribution in [2.45, 2.75) is 44.5 Å². The topological polar surface area (TPSA) is 96.6 Å². The molecule has 0 aliphatic rings. The van der Waals surface area contributed by atoms with Gasteiger partial charge in [-0.05, 0) is 20.4 Å². The molecule has 2 atom stereocenters. The molecule has 0 radical (unpaired) electrons. The molecule has 2 unspecified atom stereocenters. The first-order valence-electron chi connectivity index (χ1n) is 10.2. The quantitative estimate of drug-likeness (QED) is 0.458. The Morgan fingerprint density at radius 1 is 1.25 bits per heavy atom. The summed E-state index contributed by atoms with van der Waals surface area (Å²) in [5, 5.41) is 16.7. The van der Waals surface area contributed by atoms with Crippen molar-refractivity contribution in [1.82, 2.24) is 24.7 Å². The van der Waals surface area contributed by atoms with Gasteiger partial charge in [0.25, 0.3) is 0 Å². The lowest BCUT2D eigenvalue weighted by atomic mass is 9.96. The molecule has 0 aromatic carbocycles. The van der Waals surface area contributed by atoms with Gasteiger partial charge in [0, 0.05) is 24.8 Å². The highest BCUT2D eigenvalue weighted by Crippen LogP contribution is 2.43. The lowest BCUT2D eigenvalue weighted by Gasteiger charge is -2.28. The average molecular weight is 452 g/mol. The second-order valence-corrected chi connectivity index (χ2v) is 7.67. The third-order valence-electron chi connectivity index (χ3n) is 5.24. The van der Waals surface area contributed by atoms with Crippen LogP contribution in [0, 0.1) is 0 Å². The fraction of sp³-hybridized carbons (Fsp3) is 0.476. The van der Waals surface area contributed by atoms with Crippen molar-refractivity contribution in [2.24, 2.45) is 0 Å². The summed E-state index contributed by atoms with van der Waals surface area (Å²) in [7, 11) is 3.11. The van der Waals surface area contributed by atoms with Crippen molar-refractivity contribution in [3.8, 4) is 17.1 Å². The second kappa shape index (κ2) is 9.29. The molecule has 0 aliphatic heterocycles. The average Bonchev–Trinajstić information content (AvgIpc) is 3.15. The molecule has 8 nitrogen and oxygen atoms in total. The monoisotopic (exact) mass is 452 g/mol. The zero-order valence-electron chi connectivity index (χ0n) is 18.4. The number of methoxy groups -OCH3 is 1. The number of pyridine rings is 1. The number of imidazole rings is 1. The summed E-state index contributed by atoms with van der Waals surface area (Å²) in [6.07, 6.45) is 2.78. The van der Waals surface area contributed by atoms with Gasteiger partial charge in [-0.15, -0.1) is 0 Å². The Labute approximate surface area is 183 Å². The lowest BCUT2D eigenvalue weighted by Crippen LogP contribution is -2.39. The maximum atomic E-state index is 13.5. The van der Waals surface area contributed by atoms with Crippen molar-refractivity contribution in [2.75, 3.05) is 26.0 Å². The minimum atomic E-state index is -4.90. The van der Waals surface area contributed by atoms with E-state index in [9.17, 15) is 18.3 Å². The SMILES string of the molecule is CCCC(CNC)Nc1cncc(-c2cnc3cc(OC)c(C(C)(O)C(F)(F)F)cn23)n1. The van der Waals surface area contributed by atoms with E-state index in [2.05, 4.69) is 32.5 Å². The Hall–Kier alpha value is -2.92. The Morgan fingerprint density at radius 3 is 2.62 bits per heavy atom. The van der Waals surface area contributed by atoms with Crippen LogP contribution in [-0.4, -0.2) is 57.4 Å². The number of hydrogen-bond donors (Lipinski definition) is 3. The summed E-state index contributed by atoms with van der Waals surface area (Å²) >= 11 is 0. The van der Waals surface area contributed by atoms with Crippen LogP contribution < -0.4 is 15.4 Å². The summed E-state index contributed by atoms with van der Waals surface area (Å²) in [6, 6.07) is 1.49. The molecule has 11 heteroatoms. The van der Waals surface area contributed by atoms with Gasteiger partial charge in [0.2, 0.25) is 0 Å². The van der Waals surface area contributed by atoms with E-state index in [1.54, 1.807) is 6.20 Å². The number of halogens is 3. The third-order valence-corrected chi connectivity index (χ3v) is 5.24. The van der Waals surface area contributed by atoms with Gasteiger partial charge in [0.1, 0.15) is 22.9 Å². The minimum absolute atomic E-state index is 0.118. The molecule has 3 heterocycles. The summed E-state index contributed by atoms with van der Waals surface area (Å²) in [4.78, 5) is 13.1. The molecule has 3 aromatic heterocycles. The highest BCUT2D eigenvalue weighted by atomic mass is 19.4. The van der Waals surface area contributed by atoms with Crippen molar-refractivity contribution < 1.29 is 23.0 Å². The van der Waals surface area contributed by atoms with Crippen LogP contribution in [0.3, 0.4) is 0 Å². The number of ether oxygens (including phenoxy) is 1. The summed E-state index contributed by atoms with van der Waals surface area (Å²) in [5.74, 6) is 0.426. The van der Waals surface area contributed by atoms with Crippen molar-refractivity contribution in [3.63, 3.8) is 0 Å². The molecule has 0 bridgehead atoms. The van der Waals surface area contributed by atoms with Crippen LogP contribution in [0.1, 0.15) is 32.3 Å². The number of nitrogens with zero attached hydrogens (tertiary/aromatic N) is 4. The predicted molar refractivity (Wildman–Crippen MR) is 115 cm³/mol. The fourth-order valence-electron chi connectivity index (χ4n) is 3.47. The molecule has 3 N–H and O–H groups in total. The Kier molecular flexibility index (Phi) is 6.89. The number of rotatable bonds is 9. The van der Waals surface area contributed by atoms with Crippen LogP contribution in [0.2, 0.25) is 0 Å². The predicted octanol–water partition coefficient (Wildman–Crippen LogP) is 3.37. The van der Waals surface area contributed by atoms with Gasteiger partial charge >= 0.3 is 6.18 Å². The van der Waals surface area contributed by atoms with Crippen molar-refractivity contribution in [1.29, 1.82) is 0 Å². The number of aromatic nitrogens is 4. The maximum Gasteiger partial charge on any atom is 0.421 e. The molecular weight excluding hydrogens is 425 g/mol. The van der Waals surface area contributed by atoms with Gasteiger partial charge in [-0.3, -0.25) is 9.38 Å². The maximum absolute atomic E-state index is 13.5. The largest absolute Gasteiger partial charge is 0.496 e. The Balaban J connectivity index is 2.06. The lowest BCUT2D eigenvalue weighted by molar-refractivity contribution is -0.259. The van der Waals surface area contributed by atoms with E-state index < -0.39 is 17.3 Å². The van der Waals surface area contributed by atoms with Gasteiger partial charge in [-0.25, -0.2) is 9.97 Å². The number of alkyl halides is 3. The van der Waals surface area contributed by atoms with Gasteiger partial charge in [-0.2, -0.15) is 13.2 Å². The van der Waals surface area contributed by atoms with Crippen LogP contribution in [0.25, 0.3) is 17.0 Å². The first-order valence-corrected chi connectivity index (χ1v) is 10.2. The van der Waals surface area contributed by atoms with Crippen LogP contribution >= 0.6 is 0 Å². The van der Waals surface area contributed by atoms with Gasteiger partial charge in [0.05, 0.1) is 37.0 Å². The Morgan fingerprint density at radius 2 is 2.00 bits per heavy atom. The minimum Gasteiger partial charge on any atom is -0.496 e. The number of aliphatic hydroxyl groups is 1. The van der Waals surface area contributed by atoms with E-state index in [1.165, 1.54) is 36.2 Å². The molecule has 0 amide bonds. The van der Waals surface area contributed by atoms with Crippen LogP contribution in [0.5, 0.6) is 5.75 Å². The van der Waals surface area contributed by atoms with Gasteiger partial charge in [0.15, 0.2) is 5.60 Å². The first kappa shape index (κ1) is 23.7. The van der Waals surface area contributed by atoms with Gasteiger partial charge in [-0.1, -0.05) is 13.3 Å². The van der Waals surface area contributed by atoms with Crippen molar-refractivity contribution >= 4 is 11.5 Å². The number of hydrogen-bond acceptors (Lipinski definition) is 7. The van der Waals surface area contributed by atoms with Gasteiger partial charge < -0.3 is 20.5 Å². The molecule has 3 aromatic rings. The van der Waals surface area contributed by atoms with Crippen LogP contribution in [0.15, 0.2) is 30.9 Å². The zero-order valence-corrected chi connectivity index (χ0v) is 18.4. The highest BCUT2D eigenvalue weighted by Gasteiger charge is 2.53. The summed E-state index contributed by atoms with van der Waals surface area (Å²) < 4.78 is 47.1. The fourth-order valence-corrected chi connectivity index (χ4v) is 3.47. The number of fused-ring (bicyclic) bond motifs is 1. The van der Waals surface area contributed by atoms with E-state index in [0.717, 1.165) is 19.4 Å². The normalized spacial score (nSPS) is 14.9. The van der Waals surface area contributed by atoms with E-state index in [4.69, 9.17) is 4.74 Å². The molecule has 0 saturated carbocycles. The standard InChI is InChI=1S/C21H27F3N6O2/c1-5-6-13(8-25-3)28-18-11-26-9-15(29-18)16-10-27-19-7-17(32-4)14(12-30(16)19)20(2,31)21(22,23)24/h7,9-13,25,31H,5-6,8H2,1-4H3,(H,28,29). The van der Waals surface area contributed by atoms with E-state index >= 15 is 0 Å². The molecule has 0 aliphatic carbocycles. The summed E-state index contributed by atoms with van der Waals surface area (Å²) in [5.41, 5.74) is -2.36. The highest BCUT2D eigenvalue weighted by molar-refractivity contribution is 5.63. The molecule has 0 saturated heterocycles. The molecule has 32 heavy (non-hydrogen) atoms. The second-order valence-electron chi connectivity index (χ2n) is 7.67. The van der Waals surface area contributed by atoms with E-state index in [-0.39, 0.29) is 11.8 Å². The molecule has 3 rings (SSSR count). The van der Waals surface area contributed by atoms with E-state index in [1.807, 2.05) is 7.05 Å². The molecule has 0 fully saturated rings. The summed E-state index contributed by atoms with van der Waals surface area (Å²) in [6.45, 7) is 3.52.